The fourth-order valence-electron chi connectivity index (χ4n) is 1.70. The summed E-state index contributed by atoms with van der Waals surface area (Å²) >= 11 is 0. The van der Waals surface area contributed by atoms with Crippen LogP contribution >= 0.6 is 0 Å². The van der Waals surface area contributed by atoms with Crippen LogP contribution < -0.4 is 5.32 Å². The zero-order valence-corrected chi connectivity index (χ0v) is 11.4. The first-order valence-electron chi connectivity index (χ1n) is 6.39. The molecule has 1 aliphatic heterocycles. The topological polar surface area (TPSA) is 32.3 Å². The minimum absolute atomic E-state index is 0.0102. The summed E-state index contributed by atoms with van der Waals surface area (Å²) in [5.74, 6) is -0.0515. The summed E-state index contributed by atoms with van der Waals surface area (Å²) in [5, 5.41) is 2.92. The van der Waals surface area contributed by atoms with Crippen molar-refractivity contribution in [1.29, 1.82) is 0 Å². The maximum absolute atomic E-state index is 13.2. The number of amides is 1. The minimum Gasteiger partial charge on any atom is -0.339 e. The molecule has 0 aromatic rings. The molecular formula is C13H25FN2O. The number of nitrogens with zero attached hydrogens (tertiary/aromatic N) is 1. The molecule has 2 unspecified atom stereocenters. The first-order chi connectivity index (χ1) is 8.15. The molecule has 0 bridgehead atoms. The number of hydrogen-bond acceptors (Lipinski definition) is 2. The van der Waals surface area contributed by atoms with Gasteiger partial charge in [-0.05, 0) is 13.5 Å². The summed E-state index contributed by atoms with van der Waals surface area (Å²) in [7, 11) is 1.82. The average Bonchev–Trinajstić information content (AvgIpc) is 2.35. The fourth-order valence-corrected chi connectivity index (χ4v) is 1.70. The summed E-state index contributed by atoms with van der Waals surface area (Å²) in [4.78, 5) is 13.3. The lowest BCUT2D eigenvalue weighted by Gasteiger charge is -2.32. The SMILES string of the molecule is CC.CNC/C=C/C(=O)N1CCC(F)C(C)C1. The Kier molecular flexibility index (Phi) is 8.68. The molecule has 1 amide bonds. The van der Waals surface area contributed by atoms with Crippen LogP contribution in [0.15, 0.2) is 12.2 Å². The van der Waals surface area contributed by atoms with Gasteiger partial charge in [-0.25, -0.2) is 4.39 Å². The normalized spacial score (nSPS) is 24.4. The second-order valence-electron chi connectivity index (χ2n) is 4.03. The number of carbonyl (C=O) groups is 1. The van der Waals surface area contributed by atoms with Gasteiger partial charge in [0.05, 0.1) is 0 Å². The van der Waals surface area contributed by atoms with E-state index >= 15 is 0 Å². The molecule has 1 fully saturated rings. The first-order valence-corrected chi connectivity index (χ1v) is 6.39. The van der Waals surface area contributed by atoms with Crippen LogP contribution in [0, 0.1) is 5.92 Å². The van der Waals surface area contributed by atoms with Gasteiger partial charge >= 0.3 is 0 Å². The second kappa shape index (κ2) is 9.16. The molecule has 0 spiro atoms. The van der Waals surface area contributed by atoms with Crippen molar-refractivity contribution in [3.05, 3.63) is 12.2 Å². The Bertz CT molecular complexity index is 244. The van der Waals surface area contributed by atoms with Gasteiger partial charge in [-0.1, -0.05) is 26.8 Å². The van der Waals surface area contributed by atoms with Gasteiger partial charge < -0.3 is 10.2 Å². The molecule has 0 aliphatic carbocycles. The number of carbonyl (C=O) groups excluding carboxylic acids is 1. The second-order valence-corrected chi connectivity index (χ2v) is 4.03. The van der Waals surface area contributed by atoms with E-state index in [4.69, 9.17) is 0 Å². The van der Waals surface area contributed by atoms with Crippen molar-refractivity contribution in [2.45, 2.75) is 33.4 Å². The molecule has 0 radical (unpaired) electrons. The van der Waals surface area contributed by atoms with E-state index in [9.17, 15) is 9.18 Å². The molecule has 3 nitrogen and oxygen atoms in total. The van der Waals surface area contributed by atoms with Crippen molar-refractivity contribution < 1.29 is 9.18 Å². The lowest BCUT2D eigenvalue weighted by atomic mass is 9.98. The molecule has 1 N–H and O–H groups in total. The Hall–Kier alpha value is -0.900. The molecule has 0 aromatic heterocycles. The third-order valence-corrected chi connectivity index (χ3v) is 2.69. The van der Waals surface area contributed by atoms with Crippen LogP contribution in [0.4, 0.5) is 4.39 Å². The van der Waals surface area contributed by atoms with Gasteiger partial charge in [0, 0.05) is 31.6 Å². The highest BCUT2D eigenvalue weighted by Gasteiger charge is 2.27. The van der Waals surface area contributed by atoms with Crippen molar-refractivity contribution in [1.82, 2.24) is 10.2 Å². The van der Waals surface area contributed by atoms with Crippen LogP contribution in [0.2, 0.25) is 0 Å². The highest BCUT2D eigenvalue weighted by molar-refractivity contribution is 5.87. The first kappa shape index (κ1) is 16.1. The van der Waals surface area contributed by atoms with Gasteiger partial charge in [0.25, 0.3) is 0 Å². The molecular weight excluding hydrogens is 219 g/mol. The van der Waals surface area contributed by atoms with Crippen molar-refractivity contribution in [2.75, 3.05) is 26.7 Å². The lowest BCUT2D eigenvalue weighted by molar-refractivity contribution is -0.128. The van der Waals surface area contributed by atoms with E-state index in [-0.39, 0.29) is 11.8 Å². The van der Waals surface area contributed by atoms with Crippen molar-refractivity contribution in [2.24, 2.45) is 5.92 Å². The Morgan fingerprint density at radius 1 is 1.53 bits per heavy atom. The van der Waals surface area contributed by atoms with Crippen molar-refractivity contribution in [3.63, 3.8) is 0 Å². The van der Waals surface area contributed by atoms with E-state index in [1.165, 1.54) is 0 Å². The summed E-state index contributed by atoms with van der Waals surface area (Å²) in [6, 6.07) is 0. The highest BCUT2D eigenvalue weighted by atomic mass is 19.1. The number of halogens is 1. The smallest absolute Gasteiger partial charge is 0.246 e. The van der Waals surface area contributed by atoms with Crippen LogP contribution in [0.5, 0.6) is 0 Å². The predicted molar refractivity (Wildman–Crippen MR) is 69.7 cm³/mol. The molecule has 4 heteroatoms. The lowest BCUT2D eigenvalue weighted by Crippen LogP contribution is -2.43. The number of piperidine rings is 1. The third kappa shape index (κ3) is 5.82. The molecule has 0 saturated carbocycles. The number of likely N-dealkylation sites (tertiary alicyclic amines) is 1. The van der Waals surface area contributed by atoms with Crippen LogP contribution in [-0.4, -0.2) is 43.7 Å². The molecule has 1 heterocycles. The van der Waals surface area contributed by atoms with E-state index in [1.54, 1.807) is 17.1 Å². The Morgan fingerprint density at radius 3 is 2.71 bits per heavy atom. The van der Waals surface area contributed by atoms with Crippen molar-refractivity contribution >= 4 is 5.91 Å². The van der Waals surface area contributed by atoms with Crippen molar-refractivity contribution in [3.8, 4) is 0 Å². The summed E-state index contributed by atoms with van der Waals surface area (Å²) < 4.78 is 13.2. The fraction of sp³-hybridized carbons (Fsp3) is 0.769. The number of nitrogens with one attached hydrogen (secondary N) is 1. The molecule has 1 aliphatic rings. The van der Waals surface area contributed by atoms with E-state index in [0.29, 0.717) is 26.1 Å². The van der Waals surface area contributed by atoms with Crippen LogP contribution in [0.1, 0.15) is 27.2 Å². The Morgan fingerprint density at radius 2 is 2.18 bits per heavy atom. The molecule has 17 heavy (non-hydrogen) atoms. The highest BCUT2D eigenvalue weighted by Crippen LogP contribution is 2.19. The zero-order chi connectivity index (χ0) is 13.3. The number of rotatable bonds is 3. The molecule has 1 saturated heterocycles. The van der Waals surface area contributed by atoms with E-state index in [1.807, 2.05) is 27.8 Å². The summed E-state index contributed by atoms with van der Waals surface area (Å²) in [6.45, 7) is 7.60. The standard InChI is InChI=1S/C11H19FN2O.C2H6/c1-9-8-14(7-5-10(9)12)11(15)4-3-6-13-2;1-2/h3-4,9-10,13H,5-8H2,1-2H3;1-2H3/b4-3+;. The maximum atomic E-state index is 13.2. The molecule has 100 valence electrons. The number of alkyl halides is 1. The summed E-state index contributed by atoms with van der Waals surface area (Å²) in [6.07, 6.45) is 3.05. The zero-order valence-electron chi connectivity index (χ0n) is 11.4. The largest absolute Gasteiger partial charge is 0.339 e. The van der Waals surface area contributed by atoms with Gasteiger partial charge in [0.15, 0.2) is 0 Å². The summed E-state index contributed by atoms with van der Waals surface area (Å²) in [5.41, 5.74) is 0. The monoisotopic (exact) mass is 244 g/mol. The molecule has 0 aromatic carbocycles. The number of likely N-dealkylation sites (N-methyl/N-ethyl adjacent to an activating group) is 1. The van der Waals surface area contributed by atoms with Gasteiger partial charge in [-0.15, -0.1) is 0 Å². The van der Waals surface area contributed by atoms with Crippen LogP contribution in [0.3, 0.4) is 0 Å². The van der Waals surface area contributed by atoms with E-state index in [0.717, 1.165) is 0 Å². The Balaban J connectivity index is 0.00000121. The molecule has 1 rings (SSSR count). The van der Waals surface area contributed by atoms with Gasteiger partial charge in [-0.3, -0.25) is 4.79 Å². The van der Waals surface area contributed by atoms with Gasteiger partial charge in [0.1, 0.15) is 6.17 Å². The quantitative estimate of drug-likeness (QED) is 0.770. The van der Waals surface area contributed by atoms with Crippen LogP contribution in [0.25, 0.3) is 0 Å². The van der Waals surface area contributed by atoms with Gasteiger partial charge in [0.2, 0.25) is 5.91 Å². The Labute approximate surface area is 104 Å². The average molecular weight is 244 g/mol. The predicted octanol–water partition coefficient (Wildman–Crippen LogP) is 1.99. The third-order valence-electron chi connectivity index (χ3n) is 2.69. The number of hydrogen-bond donors (Lipinski definition) is 1. The van der Waals surface area contributed by atoms with Gasteiger partial charge in [-0.2, -0.15) is 0 Å². The van der Waals surface area contributed by atoms with Crippen LogP contribution in [-0.2, 0) is 4.79 Å². The van der Waals surface area contributed by atoms with E-state index in [2.05, 4.69) is 5.32 Å². The van der Waals surface area contributed by atoms with E-state index < -0.39 is 6.17 Å². The maximum Gasteiger partial charge on any atom is 0.246 e. The molecule has 2 atom stereocenters. The minimum atomic E-state index is -0.754.